The van der Waals surface area contributed by atoms with Crippen molar-refractivity contribution in [2.24, 2.45) is 11.5 Å². The van der Waals surface area contributed by atoms with Gasteiger partial charge in [-0.15, -0.1) is 0 Å². The molecule has 1 heterocycles. The number of hydrogen-bond acceptors (Lipinski definition) is 11. The molecular weight excluding hydrogens is 574 g/mol. The van der Waals surface area contributed by atoms with Gasteiger partial charge in [-0.1, -0.05) is 0 Å². The summed E-state index contributed by atoms with van der Waals surface area (Å²) in [6.45, 7) is -0.170. The number of nitrogens with zero attached hydrogens (tertiary/aromatic N) is 1. The highest BCUT2D eigenvalue weighted by Gasteiger charge is 2.31. The SMILES string of the molecule is CNCCCC[C@H](NC(=O)[C@H](CO)NC(=O)[C@@H](N)CS)C(=O)N[C@@H](CCC(N)=O)C(=O)N[C@@H](Cc1c[nH]cn1)C(=O)O. The summed E-state index contributed by atoms with van der Waals surface area (Å²) < 4.78 is 0. The highest BCUT2D eigenvalue weighted by Crippen LogP contribution is 2.07. The molecule has 5 atom stereocenters. The number of primary amides is 1. The Morgan fingerprint density at radius 1 is 0.929 bits per heavy atom. The minimum absolute atomic E-state index is 0.0126. The first-order chi connectivity index (χ1) is 19.9. The molecule has 0 aliphatic rings. The number of carbonyl (C=O) groups excluding carboxylic acids is 5. The van der Waals surface area contributed by atoms with Crippen molar-refractivity contribution in [3.05, 3.63) is 18.2 Å². The van der Waals surface area contributed by atoms with Crippen molar-refractivity contribution in [3.8, 4) is 0 Å². The molecule has 0 aliphatic heterocycles. The summed E-state index contributed by atoms with van der Waals surface area (Å²) in [6.07, 6.45) is 3.30. The third-order valence-corrected chi connectivity index (χ3v) is 6.44. The number of nitrogens with two attached hydrogens (primary N) is 2. The van der Waals surface area contributed by atoms with Crippen molar-refractivity contribution in [1.29, 1.82) is 0 Å². The molecule has 1 rings (SSSR count). The maximum Gasteiger partial charge on any atom is 0.326 e. The quantitative estimate of drug-likeness (QED) is 0.0466. The lowest BCUT2D eigenvalue weighted by molar-refractivity contribution is -0.142. The number of carboxylic acids is 1. The number of aliphatic hydroxyl groups is 1. The van der Waals surface area contributed by atoms with E-state index in [9.17, 15) is 39.0 Å². The van der Waals surface area contributed by atoms with E-state index in [-0.39, 0.29) is 31.4 Å². The molecule has 0 unspecified atom stereocenters. The first-order valence-corrected chi connectivity index (χ1v) is 13.9. The molecule has 0 saturated heterocycles. The van der Waals surface area contributed by atoms with E-state index < -0.39 is 72.3 Å². The van der Waals surface area contributed by atoms with Crippen LogP contribution in [0.3, 0.4) is 0 Å². The van der Waals surface area contributed by atoms with Crippen LogP contribution in [-0.4, -0.2) is 112 Å². The molecule has 5 amide bonds. The number of imidazole rings is 1. The van der Waals surface area contributed by atoms with E-state index in [2.05, 4.69) is 49.2 Å². The van der Waals surface area contributed by atoms with E-state index in [0.717, 1.165) is 0 Å². The number of hydrogen-bond donors (Lipinski definition) is 11. The molecule has 17 nitrogen and oxygen atoms in total. The Morgan fingerprint density at radius 3 is 2.00 bits per heavy atom. The molecule has 0 radical (unpaired) electrons. The predicted molar refractivity (Wildman–Crippen MR) is 153 cm³/mol. The van der Waals surface area contributed by atoms with Crippen LogP contribution < -0.4 is 38.1 Å². The highest BCUT2D eigenvalue weighted by atomic mass is 32.1. The van der Waals surface area contributed by atoms with E-state index in [0.29, 0.717) is 25.1 Å². The second kappa shape index (κ2) is 19.4. The first kappa shape index (κ1) is 36.3. The molecule has 0 aliphatic carbocycles. The normalized spacial score (nSPS) is 14.5. The number of carboxylic acid groups (broad SMARTS) is 1. The first-order valence-electron chi connectivity index (χ1n) is 13.3. The summed E-state index contributed by atoms with van der Waals surface area (Å²) in [4.78, 5) is 81.2. The van der Waals surface area contributed by atoms with Crippen LogP contribution in [0, 0.1) is 0 Å². The fraction of sp³-hybridized carbons (Fsp3) is 0.625. The van der Waals surface area contributed by atoms with Gasteiger partial charge < -0.3 is 53.2 Å². The Kier molecular flexibility index (Phi) is 16.8. The van der Waals surface area contributed by atoms with Crippen LogP contribution in [0.1, 0.15) is 37.8 Å². The Morgan fingerprint density at radius 2 is 1.50 bits per heavy atom. The van der Waals surface area contributed by atoms with Gasteiger partial charge in [0.05, 0.1) is 24.7 Å². The highest BCUT2D eigenvalue weighted by molar-refractivity contribution is 7.80. The molecule has 0 fully saturated rings. The number of aromatic amines is 1. The number of aliphatic carboxylic acids is 1. The van der Waals surface area contributed by atoms with Gasteiger partial charge in [0.2, 0.25) is 29.5 Å². The number of unbranched alkanes of at least 4 members (excludes halogenated alkanes) is 1. The van der Waals surface area contributed by atoms with Crippen molar-refractivity contribution in [2.75, 3.05) is 26.0 Å². The van der Waals surface area contributed by atoms with E-state index in [1.54, 1.807) is 7.05 Å². The largest absolute Gasteiger partial charge is 0.480 e. The van der Waals surface area contributed by atoms with Gasteiger partial charge in [-0.25, -0.2) is 9.78 Å². The molecule has 0 saturated carbocycles. The van der Waals surface area contributed by atoms with Gasteiger partial charge in [0.15, 0.2) is 0 Å². The number of thiol groups is 1. The van der Waals surface area contributed by atoms with Gasteiger partial charge in [-0.2, -0.15) is 12.6 Å². The van der Waals surface area contributed by atoms with Crippen molar-refractivity contribution < 1.29 is 39.0 Å². The molecule has 1 aromatic rings. The number of aliphatic hydroxyl groups excluding tert-OH is 1. The number of rotatable bonds is 21. The Labute approximate surface area is 248 Å². The lowest BCUT2D eigenvalue weighted by atomic mass is 10.0. The number of carbonyl (C=O) groups is 6. The van der Waals surface area contributed by atoms with Crippen LogP contribution in [0.2, 0.25) is 0 Å². The van der Waals surface area contributed by atoms with Gasteiger partial charge in [-0.05, 0) is 39.3 Å². The summed E-state index contributed by atoms with van der Waals surface area (Å²) >= 11 is 3.92. The maximum absolute atomic E-state index is 13.3. The zero-order valence-corrected chi connectivity index (χ0v) is 24.2. The summed E-state index contributed by atoms with van der Waals surface area (Å²) in [6, 6.07) is -6.47. The van der Waals surface area contributed by atoms with Crippen molar-refractivity contribution in [2.45, 2.75) is 68.7 Å². The van der Waals surface area contributed by atoms with Gasteiger partial charge >= 0.3 is 5.97 Å². The predicted octanol–water partition coefficient (Wildman–Crippen LogP) is -4.12. The van der Waals surface area contributed by atoms with E-state index in [1.165, 1.54) is 12.5 Å². The van der Waals surface area contributed by atoms with Crippen LogP contribution >= 0.6 is 12.6 Å². The number of amides is 5. The number of H-pyrrole nitrogens is 1. The van der Waals surface area contributed by atoms with Crippen molar-refractivity contribution >= 4 is 48.1 Å². The summed E-state index contributed by atoms with van der Waals surface area (Å²) in [5.41, 5.74) is 11.2. The molecule has 12 N–H and O–H groups in total. The molecule has 0 spiro atoms. The zero-order chi connectivity index (χ0) is 31.7. The second-order valence-corrected chi connectivity index (χ2v) is 9.79. The van der Waals surface area contributed by atoms with Gasteiger partial charge in [0.25, 0.3) is 0 Å². The molecule has 42 heavy (non-hydrogen) atoms. The Balaban J connectivity index is 3.09. The third kappa shape index (κ3) is 13.3. The van der Waals surface area contributed by atoms with E-state index >= 15 is 0 Å². The maximum atomic E-state index is 13.3. The standard InChI is InChI=1S/C24H41N9O8S/c1-27-7-3-2-4-15(30-23(39)18(10-34)33-20(36)14(25)11-42)21(37)31-16(5-6-19(26)35)22(38)32-17(24(40)41)8-13-9-28-12-29-13/h9,12,14-18,27,34,42H,2-8,10-11,25H2,1H3,(H2,26,35)(H,28,29)(H,30,39)(H,31,37)(H,32,38)(H,33,36)(H,40,41)/t14-,15-,16-,17-,18-/m0/s1. The van der Waals surface area contributed by atoms with Crippen LogP contribution in [0.25, 0.3) is 0 Å². The average molecular weight is 616 g/mol. The van der Waals surface area contributed by atoms with Crippen LogP contribution in [0.15, 0.2) is 12.5 Å². The molecule has 18 heteroatoms. The van der Waals surface area contributed by atoms with Crippen LogP contribution in [0.5, 0.6) is 0 Å². The Bertz CT molecular complexity index is 1040. The van der Waals surface area contributed by atoms with Crippen LogP contribution in [0.4, 0.5) is 0 Å². The molecule has 236 valence electrons. The van der Waals surface area contributed by atoms with Crippen LogP contribution in [-0.2, 0) is 35.2 Å². The van der Waals surface area contributed by atoms with Crippen molar-refractivity contribution in [3.63, 3.8) is 0 Å². The lowest BCUT2D eigenvalue weighted by Crippen LogP contribution is -2.59. The summed E-state index contributed by atoms with van der Waals surface area (Å²) in [5.74, 6) is -5.45. The Hall–Kier alpha value is -3.74. The number of nitrogens with one attached hydrogen (secondary N) is 6. The van der Waals surface area contributed by atoms with Gasteiger partial charge in [0.1, 0.15) is 24.2 Å². The smallest absolute Gasteiger partial charge is 0.326 e. The van der Waals surface area contributed by atoms with Gasteiger partial charge in [0, 0.05) is 24.8 Å². The van der Waals surface area contributed by atoms with E-state index in [1.807, 2.05) is 0 Å². The third-order valence-electron chi connectivity index (χ3n) is 6.05. The minimum atomic E-state index is -1.43. The van der Waals surface area contributed by atoms with Gasteiger partial charge in [-0.3, -0.25) is 24.0 Å². The fourth-order valence-corrected chi connectivity index (χ4v) is 3.82. The topological polar surface area (TPSA) is 284 Å². The molecular formula is C24H41N9O8S. The number of aromatic nitrogens is 2. The summed E-state index contributed by atoms with van der Waals surface area (Å²) in [5, 5.41) is 31.8. The lowest BCUT2D eigenvalue weighted by Gasteiger charge is -2.26. The molecule has 1 aromatic heterocycles. The second-order valence-electron chi connectivity index (χ2n) is 9.42. The molecule has 0 aromatic carbocycles. The summed E-state index contributed by atoms with van der Waals surface area (Å²) in [7, 11) is 1.74. The minimum Gasteiger partial charge on any atom is -0.480 e. The van der Waals surface area contributed by atoms with E-state index in [4.69, 9.17) is 11.5 Å². The van der Waals surface area contributed by atoms with Crippen molar-refractivity contribution in [1.82, 2.24) is 36.6 Å². The molecule has 0 bridgehead atoms. The average Bonchev–Trinajstić information content (AvgIpc) is 3.47. The monoisotopic (exact) mass is 615 g/mol. The zero-order valence-electron chi connectivity index (χ0n) is 23.3. The fourth-order valence-electron chi connectivity index (χ4n) is 3.66.